The lowest BCUT2D eigenvalue weighted by atomic mass is 10.1. The number of nitrogens with one attached hydrogen (secondary N) is 3. The first-order chi connectivity index (χ1) is 11.1. The van der Waals surface area contributed by atoms with Crippen LogP contribution in [0.15, 0.2) is 54.6 Å². The van der Waals surface area contributed by atoms with E-state index in [4.69, 9.17) is 12.2 Å². The van der Waals surface area contributed by atoms with Gasteiger partial charge in [-0.1, -0.05) is 42.5 Å². The van der Waals surface area contributed by atoms with Crippen molar-refractivity contribution in [2.24, 2.45) is 0 Å². The van der Waals surface area contributed by atoms with Crippen LogP contribution in [0.1, 0.15) is 21.5 Å². The van der Waals surface area contributed by atoms with Gasteiger partial charge >= 0.3 is 0 Å². The van der Waals surface area contributed by atoms with Crippen molar-refractivity contribution in [3.8, 4) is 0 Å². The summed E-state index contributed by atoms with van der Waals surface area (Å²) in [6.45, 7) is 1.94. The van der Waals surface area contributed by atoms with E-state index in [0.717, 1.165) is 11.1 Å². The molecular formula is C17H17N3O2S. The fourth-order valence-electron chi connectivity index (χ4n) is 1.96. The Labute approximate surface area is 140 Å². The largest absolute Gasteiger partial charge is 0.302 e. The molecule has 0 aliphatic heterocycles. The Bertz CT molecular complexity index is 717. The summed E-state index contributed by atoms with van der Waals surface area (Å²) in [7, 11) is 0. The predicted molar refractivity (Wildman–Crippen MR) is 92.7 cm³/mol. The van der Waals surface area contributed by atoms with Gasteiger partial charge in [0.25, 0.3) is 5.91 Å². The first-order valence-electron chi connectivity index (χ1n) is 7.06. The van der Waals surface area contributed by atoms with Gasteiger partial charge in [0.05, 0.1) is 6.42 Å². The topological polar surface area (TPSA) is 70.2 Å². The monoisotopic (exact) mass is 327 g/mol. The fourth-order valence-corrected chi connectivity index (χ4v) is 2.12. The number of carbonyl (C=O) groups is 2. The van der Waals surface area contributed by atoms with Crippen LogP contribution in [0.25, 0.3) is 0 Å². The molecule has 0 radical (unpaired) electrons. The van der Waals surface area contributed by atoms with Gasteiger partial charge in [0.1, 0.15) is 0 Å². The van der Waals surface area contributed by atoms with Crippen LogP contribution in [0.2, 0.25) is 0 Å². The van der Waals surface area contributed by atoms with Crippen LogP contribution in [0.3, 0.4) is 0 Å². The van der Waals surface area contributed by atoms with Crippen LogP contribution >= 0.6 is 12.2 Å². The van der Waals surface area contributed by atoms with E-state index in [1.165, 1.54) is 0 Å². The number of aryl methyl sites for hydroxylation is 1. The minimum atomic E-state index is -0.332. The van der Waals surface area contributed by atoms with Gasteiger partial charge in [0.15, 0.2) is 5.11 Å². The van der Waals surface area contributed by atoms with E-state index in [1.807, 2.05) is 37.3 Å². The Balaban J connectivity index is 1.79. The van der Waals surface area contributed by atoms with Crippen LogP contribution in [0.5, 0.6) is 0 Å². The Morgan fingerprint density at radius 1 is 0.957 bits per heavy atom. The van der Waals surface area contributed by atoms with E-state index < -0.39 is 0 Å². The van der Waals surface area contributed by atoms with Gasteiger partial charge in [-0.15, -0.1) is 0 Å². The molecule has 2 aromatic carbocycles. The number of hydrazine groups is 1. The Morgan fingerprint density at radius 3 is 2.30 bits per heavy atom. The van der Waals surface area contributed by atoms with E-state index in [9.17, 15) is 9.59 Å². The maximum absolute atomic E-state index is 11.9. The summed E-state index contributed by atoms with van der Waals surface area (Å²) in [5.41, 5.74) is 7.41. The molecule has 23 heavy (non-hydrogen) atoms. The number of thiocarbonyl (C=S) groups is 1. The summed E-state index contributed by atoms with van der Waals surface area (Å²) < 4.78 is 0. The minimum absolute atomic E-state index is 0.0489. The Morgan fingerprint density at radius 2 is 1.61 bits per heavy atom. The minimum Gasteiger partial charge on any atom is -0.302 e. The van der Waals surface area contributed by atoms with Crippen molar-refractivity contribution < 1.29 is 9.59 Å². The number of hydrogen-bond donors (Lipinski definition) is 3. The second-order valence-corrected chi connectivity index (χ2v) is 5.33. The number of carbonyl (C=O) groups excluding carboxylic acids is 2. The standard InChI is InChI=1S/C17H17N3O2S/c1-12-7-5-6-10-14(12)11-15(21)18-17(23)20-19-16(22)13-8-3-2-4-9-13/h2-10H,11H2,1H3,(H,19,22)(H2,18,20,21,23). The average Bonchev–Trinajstić information content (AvgIpc) is 2.55. The highest BCUT2D eigenvalue weighted by atomic mass is 32.1. The lowest BCUT2D eigenvalue weighted by Crippen LogP contribution is -2.48. The molecule has 2 aromatic rings. The molecule has 0 fully saturated rings. The molecule has 3 N–H and O–H groups in total. The normalized spacial score (nSPS) is 9.78. The summed E-state index contributed by atoms with van der Waals surface area (Å²) >= 11 is 4.99. The van der Waals surface area contributed by atoms with Crippen molar-refractivity contribution in [3.63, 3.8) is 0 Å². The zero-order valence-corrected chi connectivity index (χ0v) is 13.4. The molecular weight excluding hydrogens is 310 g/mol. The molecule has 0 atom stereocenters. The number of rotatable bonds is 3. The molecule has 0 aromatic heterocycles. The highest BCUT2D eigenvalue weighted by Gasteiger charge is 2.09. The molecule has 0 aliphatic carbocycles. The summed E-state index contributed by atoms with van der Waals surface area (Å²) in [5, 5.41) is 2.58. The zero-order chi connectivity index (χ0) is 16.7. The van der Waals surface area contributed by atoms with Crippen molar-refractivity contribution >= 4 is 29.1 Å². The fraction of sp³-hybridized carbons (Fsp3) is 0.118. The second kappa shape index (κ2) is 8.05. The molecule has 5 nitrogen and oxygen atoms in total. The van der Waals surface area contributed by atoms with E-state index in [0.29, 0.717) is 5.56 Å². The molecule has 0 heterocycles. The Kier molecular flexibility index (Phi) is 5.82. The highest BCUT2D eigenvalue weighted by molar-refractivity contribution is 7.80. The van der Waals surface area contributed by atoms with Crippen molar-refractivity contribution in [1.29, 1.82) is 0 Å². The quantitative estimate of drug-likeness (QED) is 0.595. The first kappa shape index (κ1) is 16.6. The van der Waals surface area contributed by atoms with Gasteiger partial charge in [-0.05, 0) is 42.4 Å². The van der Waals surface area contributed by atoms with Gasteiger partial charge in [-0.3, -0.25) is 20.4 Å². The summed E-state index contributed by atoms with van der Waals surface area (Å²) in [5.74, 6) is -0.577. The summed E-state index contributed by atoms with van der Waals surface area (Å²) in [6.07, 6.45) is 0.223. The molecule has 0 unspecified atom stereocenters. The SMILES string of the molecule is Cc1ccccc1CC(=O)NC(=S)NNC(=O)c1ccccc1. The van der Waals surface area contributed by atoms with Gasteiger partial charge in [-0.2, -0.15) is 0 Å². The summed E-state index contributed by atoms with van der Waals surface area (Å²) in [4.78, 5) is 23.8. The lowest BCUT2D eigenvalue weighted by Gasteiger charge is -2.11. The van der Waals surface area contributed by atoms with Crippen LogP contribution < -0.4 is 16.2 Å². The van der Waals surface area contributed by atoms with E-state index >= 15 is 0 Å². The molecule has 0 aliphatic rings. The van der Waals surface area contributed by atoms with Gasteiger partial charge < -0.3 is 5.32 Å². The molecule has 2 rings (SSSR count). The van der Waals surface area contributed by atoms with E-state index in [-0.39, 0.29) is 23.3 Å². The van der Waals surface area contributed by atoms with Crippen molar-refractivity contribution in [2.45, 2.75) is 13.3 Å². The van der Waals surface area contributed by atoms with Gasteiger partial charge in [0, 0.05) is 5.56 Å². The first-order valence-corrected chi connectivity index (χ1v) is 7.47. The molecule has 0 saturated heterocycles. The molecule has 2 amide bonds. The van der Waals surface area contributed by atoms with Crippen LogP contribution in [-0.2, 0) is 11.2 Å². The molecule has 0 bridgehead atoms. The number of amides is 2. The lowest BCUT2D eigenvalue weighted by molar-refractivity contribution is -0.119. The number of benzene rings is 2. The van der Waals surface area contributed by atoms with E-state index in [1.54, 1.807) is 24.3 Å². The molecule has 0 saturated carbocycles. The second-order valence-electron chi connectivity index (χ2n) is 4.93. The maximum atomic E-state index is 11.9. The van der Waals surface area contributed by atoms with Crippen LogP contribution in [-0.4, -0.2) is 16.9 Å². The van der Waals surface area contributed by atoms with E-state index in [2.05, 4.69) is 16.2 Å². The third-order valence-corrected chi connectivity index (χ3v) is 3.39. The van der Waals surface area contributed by atoms with Crippen LogP contribution in [0.4, 0.5) is 0 Å². The van der Waals surface area contributed by atoms with Gasteiger partial charge in [0.2, 0.25) is 5.91 Å². The van der Waals surface area contributed by atoms with Crippen molar-refractivity contribution in [3.05, 3.63) is 71.3 Å². The predicted octanol–water partition coefficient (Wildman–Crippen LogP) is 1.87. The Hall–Kier alpha value is -2.73. The highest BCUT2D eigenvalue weighted by Crippen LogP contribution is 2.07. The molecule has 6 heteroatoms. The van der Waals surface area contributed by atoms with Crippen molar-refractivity contribution in [2.75, 3.05) is 0 Å². The zero-order valence-electron chi connectivity index (χ0n) is 12.6. The van der Waals surface area contributed by atoms with Gasteiger partial charge in [-0.25, -0.2) is 0 Å². The van der Waals surface area contributed by atoms with Crippen LogP contribution in [0, 0.1) is 6.92 Å². The maximum Gasteiger partial charge on any atom is 0.269 e. The third-order valence-electron chi connectivity index (χ3n) is 3.19. The summed E-state index contributed by atoms with van der Waals surface area (Å²) in [6, 6.07) is 16.3. The van der Waals surface area contributed by atoms with Crippen molar-refractivity contribution in [1.82, 2.24) is 16.2 Å². The smallest absolute Gasteiger partial charge is 0.269 e. The third kappa shape index (κ3) is 5.19. The molecule has 118 valence electrons. The number of hydrogen-bond acceptors (Lipinski definition) is 3. The average molecular weight is 327 g/mol. The molecule has 0 spiro atoms.